The van der Waals surface area contributed by atoms with Crippen LogP contribution < -0.4 is 0 Å². The molecule has 0 atom stereocenters. The molecule has 0 spiro atoms. The summed E-state index contributed by atoms with van der Waals surface area (Å²) in [4.78, 5) is 14.9. The van der Waals surface area contributed by atoms with Crippen LogP contribution in [-0.4, -0.2) is 17.6 Å². The lowest BCUT2D eigenvalue weighted by molar-refractivity contribution is -0.142. The van der Waals surface area contributed by atoms with Crippen LogP contribution in [0.3, 0.4) is 0 Å². The van der Waals surface area contributed by atoms with Gasteiger partial charge in [-0.1, -0.05) is 15.9 Å². The normalized spacial score (nSPS) is 10.8. The van der Waals surface area contributed by atoms with E-state index in [0.29, 0.717) is 0 Å². The highest BCUT2D eigenvalue weighted by atomic mass is 79.9. The van der Waals surface area contributed by atoms with Crippen molar-refractivity contribution in [2.45, 2.75) is 25.1 Å². The van der Waals surface area contributed by atoms with Gasteiger partial charge in [0.2, 0.25) is 0 Å². The summed E-state index contributed by atoms with van der Waals surface area (Å²) < 4.78 is 43.9. The molecular formula is C11H11BrF3NO2. The maximum atomic E-state index is 13.9. The van der Waals surface area contributed by atoms with E-state index in [9.17, 15) is 18.0 Å². The van der Waals surface area contributed by atoms with E-state index in [1.54, 1.807) is 6.92 Å². The average Bonchev–Trinajstić information content (AvgIpc) is 2.31. The van der Waals surface area contributed by atoms with Gasteiger partial charge in [0.1, 0.15) is 5.82 Å². The molecule has 0 aromatic carbocycles. The number of nitrogens with zero attached hydrogens (tertiary/aromatic N) is 1. The minimum Gasteiger partial charge on any atom is -0.466 e. The minimum atomic E-state index is -2.89. The summed E-state index contributed by atoms with van der Waals surface area (Å²) in [6.07, 6.45) is -2.53. The largest absolute Gasteiger partial charge is 0.466 e. The van der Waals surface area contributed by atoms with Crippen LogP contribution in [0, 0.1) is 5.82 Å². The van der Waals surface area contributed by atoms with E-state index in [-0.39, 0.29) is 23.2 Å². The van der Waals surface area contributed by atoms with E-state index < -0.39 is 30.2 Å². The Hall–Kier alpha value is -1.11. The Balaban J connectivity index is 3.15. The van der Waals surface area contributed by atoms with Crippen molar-refractivity contribution in [3.63, 3.8) is 0 Å². The molecule has 1 heterocycles. The van der Waals surface area contributed by atoms with E-state index in [0.717, 1.165) is 6.20 Å². The second-order valence-electron chi connectivity index (χ2n) is 3.37. The fourth-order valence-corrected chi connectivity index (χ4v) is 1.79. The Bertz CT molecular complexity index is 441. The molecule has 0 aliphatic carbocycles. The van der Waals surface area contributed by atoms with Crippen molar-refractivity contribution < 1.29 is 22.7 Å². The number of hydrogen-bond acceptors (Lipinski definition) is 3. The van der Waals surface area contributed by atoms with Crippen LogP contribution in [-0.2, 0) is 21.3 Å². The molecule has 1 rings (SSSR count). The number of ether oxygens (including phenoxy) is 1. The molecule has 18 heavy (non-hydrogen) atoms. The lowest BCUT2D eigenvalue weighted by Crippen LogP contribution is -2.13. The van der Waals surface area contributed by atoms with E-state index in [1.165, 1.54) is 0 Å². The number of aromatic nitrogens is 1. The van der Waals surface area contributed by atoms with Crippen molar-refractivity contribution in [2.75, 3.05) is 6.61 Å². The van der Waals surface area contributed by atoms with Crippen LogP contribution in [0.5, 0.6) is 0 Å². The Morgan fingerprint density at radius 2 is 2.22 bits per heavy atom. The van der Waals surface area contributed by atoms with Crippen LogP contribution in [0.1, 0.15) is 30.2 Å². The zero-order chi connectivity index (χ0) is 13.7. The first-order chi connectivity index (χ1) is 8.51. The molecule has 0 aliphatic rings. The maximum absolute atomic E-state index is 13.9. The van der Waals surface area contributed by atoms with E-state index in [4.69, 9.17) is 0 Å². The Labute approximate surface area is 110 Å². The smallest absolute Gasteiger partial charge is 0.310 e. The highest BCUT2D eigenvalue weighted by molar-refractivity contribution is 9.08. The Morgan fingerprint density at radius 3 is 2.72 bits per heavy atom. The molecule has 100 valence electrons. The van der Waals surface area contributed by atoms with Gasteiger partial charge in [-0.05, 0) is 6.92 Å². The number of esters is 1. The van der Waals surface area contributed by atoms with Crippen molar-refractivity contribution in [3.05, 3.63) is 28.8 Å². The van der Waals surface area contributed by atoms with Gasteiger partial charge in [-0.2, -0.15) is 0 Å². The predicted molar refractivity (Wildman–Crippen MR) is 62.1 cm³/mol. The summed E-state index contributed by atoms with van der Waals surface area (Å²) in [5, 5.41) is 0.0815. The molecule has 7 heteroatoms. The molecule has 0 amide bonds. The third kappa shape index (κ3) is 3.44. The fraction of sp³-hybridized carbons (Fsp3) is 0.455. The summed E-state index contributed by atoms with van der Waals surface area (Å²) in [5.74, 6) is -1.64. The topological polar surface area (TPSA) is 39.2 Å². The van der Waals surface area contributed by atoms with Gasteiger partial charge in [0, 0.05) is 22.7 Å². The quantitative estimate of drug-likeness (QED) is 0.616. The summed E-state index contributed by atoms with van der Waals surface area (Å²) in [6, 6.07) is 0. The molecule has 0 N–H and O–H groups in total. The van der Waals surface area contributed by atoms with Crippen molar-refractivity contribution in [1.29, 1.82) is 0 Å². The molecule has 0 bridgehead atoms. The number of halogens is 4. The first-order valence-electron chi connectivity index (χ1n) is 5.17. The van der Waals surface area contributed by atoms with Gasteiger partial charge in [-0.3, -0.25) is 9.78 Å². The summed E-state index contributed by atoms with van der Waals surface area (Å²) in [6.45, 7) is 1.69. The third-order valence-electron chi connectivity index (χ3n) is 2.21. The standard InChI is InChI=1S/C11H11BrF3NO2/c1-2-18-9(17)3-6-7(11(14)15)5-16-8(4-12)10(6)13/h5,11H,2-4H2,1H3. The number of hydrogen-bond donors (Lipinski definition) is 0. The number of alkyl halides is 3. The second kappa shape index (κ2) is 6.72. The zero-order valence-corrected chi connectivity index (χ0v) is 11.1. The van der Waals surface area contributed by atoms with Crippen molar-refractivity contribution in [1.82, 2.24) is 4.98 Å². The average molecular weight is 326 g/mol. The number of carbonyl (C=O) groups excluding carboxylic acids is 1. The minimum absolute atomic E-state index is 0.0151. The Morgan fingerprint density at radius 1 is 1.56 bits per heavy atom. The highest BCUT2D eigenvalue weighted by Gasteiger charge is 2.22. The molecule has 0 saturated heterocycles. The van der Waals surface area contributed by atoms with E-state index in [1.807, 2.05) is 0 Å². The van der Waals surface area contributed by atoms with Crippen LogP contribution in [0.4, 0.5) is 13.2 Å². The lowest BCUT2D eigenvalue weighted by atomic mass is 10.1. The zero-order valence-electron chi connectivity index (χ0n) is 9.55. The lowest BCUT2D eigenvalue weighted by Gasteiger charge is -2.11. The highest BCUT2D eigenvalue weighted by Crippen LogP contribution is 2.27. The summed E-state index contributed by atoms with van der Waals surface area (Å²) in [5.41, 5.74) is -0.947. The predicted octanol–water partition coefficient (Wildman–Crippen LogP) is 3.16. The first-order valence-corrected chi connectivity index (χ1v) is 6.29. The van der Waals surface area contributed by atoms with Gasteiger partial charge in [-0.25, -0.2) is 13.2 Å². The fourth-order valence-electron chi connectivity index (χ4n) is 1.40. The van der Waals surface area contributed by atoms with Crippen LogP contribution in [0.2, 0.25) is 0 Å². The van der Waals surface area contributed by atoms with Crippen LogP contribution in [0.25, 0.3) is 0 Å². The van der Waals surface area contributed by atoms with Crippen LogP contribution >= 0.6 is 15.9 Å². The molecule has 1 aromatic rings. The van der Waals surface area contributed by atoms with E-state index in [2.05, 4.69) is 25.7 Å². The van der Waals surface area contributed by atoms with Crippen LogP contribution in [0.15, 0.2) is 6.20 Å². The number of carbonyl (C=O) groups is 1. The molecule has 0 saturated carbocycles. The monoisotopic (exact) mass is 325 g/mol. The van der Waals surface area contributed by atoms with Gasteiger partial charge in [0.05, 0.1) is 18.7 Å². The van der Waals surface area contributed by atoms with Crippen molar-refractivity contribution >= 4 is 21.9 Å². The first kappa shape index (κ1) is 14.9. The molecular weight excluding hydrogens is 315 g/mol. The molecule has 1 aromatic heterocycles. The molecule has 0 aliphatic heterocycles. The van der Waals surface area contributed by atoms with Gasteiger partial charge in [0.15, 0.2) is 0 Å². The van der Waals surface area contributed by atoms with Gasteiger partial charge < -0.3 is 4.74 Å². The van der Waals surface area contributed by atoms with Gasteiger partial charge in [0.25, 0.3) is 6.43 Å². The molecule has 0 unspecified atom stereocenters. The Kier molecular flexibility index (Phi) is 5.58. The number of rotatable bonds is 5. The number of pyridine rings is 1. The summed E-state index contributed by atoms with van der Waals surface area (Å²) in [7, 11) is 0. The molecule has 3 nitrogen and oxygen atoms in total. The SMILES string of the molecule is CCOC(=O)Cc1c(C(F)F)cnc(CBr)c1F. The van der Waals surface area contributed by atoms with Gasteiger partial charge >= 0.3 is 5.97 Å². The second-order valence-corrected chi connectivity index (χ2v) is 3.93. The van der Waals surface area contributed by atoms with Crippen molar-refractivity contribution in [3.8, 4) is 0 Å². The molecule has 0 radical (unpaired) electrons. The van der Waals surface area contributed by atoms with Crippen molar-refractivity contribution in [2.24, 2.45) is 0 Å². The summed E-state index contributed by atoms with van der Waals surface area (Å²) >= 11 is 2.99. The van der Waals surface area contributed by atoms with E-state index >= 15 is 0 Å². The molecule has 0 fully saturated rings. The van der Waals surface area contributed by atoms with Gasteiger partial charge in [-0.15, -0.1) is 0 Å². The third-order valence-corrected chi connectivity index (χ3v) is 2.75. The maximum Gasteiger partial charge on any atom is 0.310 e.